The molecule has 2 atom stereocenters. The lowest BCUT2D eigenvalue weighted by molar-refractivity contribution is -0.148. The predicted molar refractivity (Wildman–Crippen MR) is 119 cm³/mol. The minimum Gasteiger partial charge on any atom is -0.479 e. The highest BCUT2D eigenvalue weighted by molar-refractivity contribution is 6.31. The fraction of sp³-hybridized carbons (Fsp3) is 0.125. The van der Waals surface area contributed by atoms with Crippen molar-refractivity contribution >= 4 is 29.4 Å². The zero-order valence-corrected chi connectivity index (χ0v) is 17.8. The van der Waals surface area contributed by atoms with E-state index in [4.69, 9.17) is 11.6 Å². The van der Waals surface area contributed by atoms with E-state index in [0.29, 0.717) is 10.6 Å². The molecule has 33 heavy (non-hydrogen) atoms. The van der Waals surface area contributed by atoms with E-state index >= 15 is 0 Å². The van der Waals surface area contributed by atoms with Crippen molar-refractivity contribution in [2.75, 3.05) is 0 Å². The van der Waals surface area contributed by atoms with Crippen LogP contribution in [-0.4, -0.2) is 45.3 Å². The Labute approximate surface area is 193 Å². The SMILES string of the molecule is O=C(N[C@H](Cc1ccccc1Cl)[C@@H](O)C(=O)O)c1ccc(-c2ccccc2C(=O)O)c(F)c1. The molecule has 0 spiro atoms. The van der Waals surface area contributed by atoms with E-state index in [2.05, 4.69) is 5.32 Å². The normalized spacial score (nSPS) is 12.6. The second-order valence-corrected chi connectivity index (χ2v) is 7.61. The highest BCUT2D eigenvalue weighted by Gasteiger charge is 2.29. The Morgan fingerprint density at radius 2 is 1.61 bits per heavy atom. The first kappa shape index (κ1) is 23.9. The highest BCUT2D eigenvalue weighted by Crippen LogP contribution is 2.27. The summed E-state index contributed by atoms with van der Waals surface area (Å²) in [6.07, 6.45) is -2.01. The molecule has 0 heterocycles. The molecule has 0 fully saturated rings. The Balaban J connectivity index is 1.87. The summed E-state index contributed by atoms with van der Waals surface area (Å²) in [5.74, 6) is -4.42. The number of aliphatic carboxylic acids is 1. The Hall–Kier alpha value is -3.75. The van der Waals surface area contributed by atoms with E-state index in [1.807, 2.05) is 0 Å². The van der Waals surface area contributed by atoms with Crippen molar-refractivity contribution in [3.05, 3.63) is 94.3 Å². The third kappa shape index (κ3) is 5.54. The summed E-state index contributed by atoms with van der Waals surface area (Å²) in [5.41, 5.74) is 0.412. The maximum Gasteiger partial charge on any atom is 0.336 e. The zero-order chi connectivity index (χ0) is 24.1. The lowest BCUT2D eigenvalue weighted by Gasteiger charge is -2.22. The van der Waals surface area contributed by atoms with Crippen LogP contribution < -0.4 is 5.32 Å². The molecule has 3 rings (SSSR count). The second-order valence-electron chi connectivity index (χ2n) is 7.20. The van der Waals surface area contributed by atoms with Crippen molar-refractivity contribution in [3.8, 4) is 11.1 Å². The summed E-state index contributed by atoms with van der Waals surface area (Å²) in [4.78, 5) is 35.5. The third-order valence-corrected chi connectivity index (χ3v) is 5.40. The highest BCUT2D eigenvalue weighted by atomic mass is 35.5. The molecule has 0 unspecified atom stereocenters. The number of aliphatic hydroxyl groups is 1. The molecule has 0 aliphatic rings. The minimum absolute atomic E-state index is 0.0114. The van der Waals surface area contributed by atoms with Gasteiger partial charge < -0.3 is 20.6 Å². The number of aromatic carboxylic acids is 1. The van der Waals surface area contributed by atoms with Crippen molar-refractivity contribution in [3.63, 3.8) is 0 Å². The van der Waals surface area contributed by atoms with Crippen LogP contribution in [0.1, 0.15) is 26.3 Å². The third-order valence-electron chi connectivity index (χ3n) is 5.03. The van der Waals surface area contributed by atoms with E-state index in [1.165, 1.54) is 30.3 Å². The van der Waals surface area contributed by atoms with E-state index in [0.717, 1.165) is 6.07 Å². The van der Waals surface area contributed by atoms with Crippen molar-refractivity contribution < 1.29 is 34.1 Å². The number of rotatable bonds is 8. The minimum atomic E-state index is -1.93. The molecule has 7 nitrogen and oxygen atoms in total. The number of hydrogen-bond donors (Lipinski definition) is 4. The van der Waals surface area contributed by atoms with Gasteiger partial charge in [-0.15, -0.1) is 0 Å². The van der Waals surface area contributed by atoms with Gasteiger partial charge in [-0.3, -0.25) is 4.79 Å². The van der Waals surface area contributed by atoms with Crippen molar-refractivity contribution in [2.45, 2.75) is 18.6 Å². The molecule has 0 aliphatic heterocycles. The van der Waals surface area contributed by atoms with Gasteiger partial charge in [0.1, 0.15) is 5.82 Å². The lowest BCUT2D eigenvalue weighted by atomic mass is 9.97. The van der Waals surface area contributed by atoms with Gasteiger partial charge in [0.15, 0.2) is 6.10 Å². The molecule has 4 N–H and O–H groups in total. The quantitative estimate of drug-likeness (QED) is 0.397. The summed E-state index contributed by atoms with van der Waals surface area (Å²) in [5, 5.41) is 31.4. The predicted octanol–water partition coefficient (Wildman–Crippen LogP) is 3.63. The number of amides is 1. The summed E-state index contributed by atoms with van der Waals surface area (Å²) in [6, 6.07) is 14.7. The van der Waals surface area contributed by atoms with Crippen LogP contribution in [0.5, 0.6) is 0 Å². The number of halogens is 2. The van der Waals surface area contributed by atoms with Gasteiger partial charge in [-0.2, -0.15) is 0 Å². The molecule has 0 bridgehead atoms. The van der Waals surface area contributed by atoms with Crippen LogP contribution in [0.15, 0.2) is 66.7 Å². The number of benzene rings is 3. The molecule has 0 saturated carbocycles. The Morgan fingerprint density at radius 3 is 2.24 bits per heavy atom. The van der Waals surface area contributed by atoms with Gasteiger partial charge in [0.2, 0.25) is 0 Å². The van der Waals surface area contributed by atoms with Gasteiger partial charge in [0.05, 0.1) is 11.6 Å². The first-order valence-electron chi connectivity index (χ1n) is 9.76. The maximum absolute atomic E-state index is 14.8. The number of nitrogens with one attached hydrogen (secondary N) is 1. The topological polar surface area (TPSA) is 124 Å². The zero-order valence-electron chi connectivity index (χ0n) is 17.0. The fourth-order valence-corrected chi connectivity index (χ4v) is 3.56. The summed E-state index contributed by atoms with van der Waals surface area (Å²) < 4.78 is 14.8. The van der Waals surface area contributed by atoms with E-state index in [1.54, 1.807) is 30.3 Å². The summed E-state index contributed by atoms with van der Waals surface area (Å²) in [6.45, 7) is 0. The molecule has 0 radical (unpaired) electrons. The largest absolute Gasteiger partial charge is 0.479 e. The molecule has 0 saturated heterocycles. The number of carbonyl (C=O) groups is 3. The summed E-state index contributed by atoms with van der Waals surface area (Å²) in [7, 11) is 0. The standard InChI is InChI=1S/C24H19ClFNO6/c25-18-8-4-1-5-13(18)12-20(21(28)24(32)33)27-22(29)14-9-10-16(19(26)11-14)15-6-2-3-7-17(15)23(30)31/h1-11,20-21,28H,12H2,(H,27,29)(H,30,31)(H,32,33)/t20-,21-/m1/s1. The van der Waals surface area contributed by atoms with Gasteiger partial charge >= 0.3 is 11.9 Å². The number of hydrogen-bond acceptors (Lipinski definition) is 4. The van der Waals surface area contributed by atoms with Gasteiger partial charge in [0, 0.05) is 16.1 Å². The van der Waals surface area contributed by atoms with Crippen molar-refractivity contribution in [1.82, 2.24) is 5.32 Å². The average Bonchev–Trinajstić information content (AvgIpc) is 2.79. The summed E-state index contributed by atoms with van der Waals surface area (Å²) >= 11 is 6.10. The number of carboxylic acid groups (broad SMARTS) is 2. The molecular weight excluding hydrogens is 453 g/mol. The van der Waals surface area contributed by atoms with Crippen LogP contribution >= 0.6 is 11.6 Å². The molecule has 3 aromatic rings. The number of carbonyl (C=O) groups excluding carboxylic acids is 1. The Kier molecular flexibility index (Phi) is 7.42. The molecule has 1 amide bonds. The number of aliphatic hydroxyl groups excluding tert-OH is 1. The van der Waals surface area contributed by atoms with Crippen molar-refractivity contribution in [1.29, 1.82) is 0 Å². The van der Waals surface area contributed by atoms with E-state index in [9.17, 15) is 34.1 Å². The molecule has 170 valence electrons. The molecule has 0 aliphatic carbocycles. The van der Waals surface area contributed by atoms with Crippen LogP contribution in [0.4, 0.5) is 4.39 Å². The maximum atomic E-state index is 14.8. The fourth-order valence-electron chi connectivity index (χ4n) is 3.35. The van der Waals surface area contributed by atoms with Crippen LogP contribution in [0.2, 0.25) is 5.02 Å². The molecule has 3 aromatic carbocycles. The van der Waals surface area contributed by atoms with Crippen LogP contribution in [0.25, 0.3) is 11.1 Å². The monoisotopic (exact) mass is 471 g/mol. The van der Waals surface area contributed by atoms with E-state index < -0.39 is 35.8 Å². The first-order valence-corrected chi connectivity index (χ1v) is 10.1. The van der Waals surface area contributed by atoms with Gasteiger partial charge in [-0.05, 0) is 41.8 Å². The van der Waals surface area contributed by atoms with Crippen molar-refractivity contribution in [2.24, 2.45) is 0 Å². The van der Waals surface area contributed by atoms with Crippen LogP contribution in [-0.2, 0) is 11.2 Å². The average molecular weight is 472 g/mol. The molecular formula is C24H19ClFNO6. The van der Waals surface area contributed by atoms with E-state index in [-0.39, 0.29) is 28.7 Å². The smallest absolute Gasteiger partial charge is 0.336 e. The van der Waals surface area contributed by atoms with Gasteiger partial charge in [-0.1, -0.05) is 54.1 Å². The molecule has 0 aromatic heterocycles. The van der Waals surface area contributed by atoms with Crippen LogP contribution in [0, 0.1) is 5.82 Å². The van der Waals surface area contributed by atoms with Gasteiger partial charge in [-0.25, -0.2) is 14.0 Å². The Bertz CT molecular complexity index is 1220. The van der Waals surface area contributed by atoms with Crippen LogP contribution in [0.3, 0.4) is 0 Å². The van der Waals surface area contributed by atoms with Gasteiger partial charge in [0.25, 0.3) is 5.91 Å². The first-order chi connectivity index (χ1) is 15.7. The number of carboxylic acids is 2. The Morgan fingerprint density at radius 1 is 0.939 bits per heavy atom. The lowest BCUT2D eigenvalue weighted by Crippen LogP contribution is -2.48. The second kappa shape index (κ2) is 10.2. The molecule has 9 heteroatoms.